The number of thiazole rings is 1. The van der Waals surface area contributed by atoms with Crippen LogP contribution in [-0.2, 0) is 20.7 Å². The summed E-state index contributed by atoms with van der Waals surface area (Å²) >= 11 is 1.44. The third kappa shape index (κ3) is 5.75. The van der Waals surface area contributed by atoms with Crippen molar-refractivity contribution < 1.29 is 23.5 Å². The number of halogens is 1. The lowest BCUT2D eigenvalue weighted by molar-refractivity contribution is -0.149. The molecule has 1 aliphatic heterocycles. The molecule has 1 aliphatic carbocycles. The number of alkyl carbamates (subject to hydrolysis) is 1. The molecule has 0 unspecified atom stereocenters. The normalized spacial score (nSPS) is 18.9. The molecule has 1 N–H and O–H groups in total. The number of hydrogen-bond acceptors (Lipinski definition) is 6. The fraction of sp³-hybridized carbons (Fsp3) is 0.560. The lowest BCUT2D eigenvalue weighted by Crippen LogP contribution is -2.44. The maximum atomic E-state index is 14.7. The second-order valence-electron chi connectivity index (χ2n) is 8.84. The summed E-state index contributed by atoms with van der Waals surface area (Å²) in [6.07, 6.45) is 5.07. The SMILES string of the molecule is COC(=O)NCCCc1nc([C@@H](C)N(C(=O)[C@H]2CCCCO2)C2CC2)sc1-c1ccccc1F. The van der Waals surface area contributed by atoms with E-state index in [2.05, 4.69) is 10.1 Å². The second-order valence-corrected chi connectivity index (χ2v) is 9.87. The van der Waals surface area contributed by atoms with Crippen molar-refractivity contribution >= 4 is 23.3 Å². The monoisotopic (exact) mass is 489 g/mol. The van der Waals surface area contributed by atoms with Gasteiger partial charge in [-0.3, -0.25) is 4.79 Å². The highest BCUT2D eigenvalue weighted by atomic mass is 32.1. The number of benzene rings is 1. The van der Waals surface area contributed by atoms with Gasteiger partial charge in [0.15, 0.2) is 0 Å². The Morgan fingerprint density at radius 2 is 2.09 bits per heavy atom. The van der Waals surface area contributed by atoms with E-state index >= 15 is 0 Å². The van der Waals surface area contributed by atoms with Gasteiger partial charge in [-0.25, -0.2) is 14.2 Å². The Hall–Kier alpha value is -2.52. The predicted octanol–water partition coefficient (Wildman–Crippen LogP) is 4.86. The maximum absolute atomic E-state index is 14.7. The van der Waals surface area contributed by atoms with Gasteiger partial charge in [0.2, 0.25) is 0 Å². The van der Waals surface area contributed by atoms with E-state index < -0.39 is 6.09 Å². The zero-order chi connectivity index (χ0) is 24.1. The third-order valence-electron chi connectivity index (χ3n) is 6.30. The highest BCUT2D eigenvalue weighted by Crippen LogP contribution is 2.41. The van der Waals surface area contributed by atoms with Crippen LogP contribution in [0.2, 0.25) is 0 Å². The summed E-state index contributed by atoms with van der Waals surface area (Å²) in [4.78, 5) is 32.3. The molecule has 1 saturated heterocycles. The van der Waals surface area contributed by atoms with Crippen LogP contribution in [0, 0.1) is 5.82 Å². The molecule has 2 aliphatic rings. The van der Waals surface area contributed by atoms with Crippen LogP contribution in [0.25, 0.3) is 10.4 Å². The van der Waals surface area contributed by atoms with Crippen LogP contribution >= 0.6 is 11.3 Å². The average Bonchev–Trinajstić information content (AvgIpc) is 3.60. The Bertz CT molecular complexity index is 1000. The fourth-order valence-electron chi connectivity index (χ4n) is 4.35. The van der Waals surface area contributed by atoms with E-state index in [1.165, 1.54) is 24.5 Å². The number of aromatic nitrogens is 1. The first kappa shape index (κ1) is 24.6. The van der Waals surface area contributed by atoms with Crippen molar-refractivity contribution in [3.05, 3.63) is 40.8 Å². The number of hydrogen-bond donors (Lipinski definition) is 1. The van der Waals surface area contributed by atoms with E-state index in [4.69, 9.17) is 9.72 Å². The molecule has 9 heteroatoms. The number of carbonyl (C=O) groups excluding carboxylic acids is 2. The highest BCUT2D eigenvalue weighted by Gasteiger charge is 2.41. The van der Waals surface area contributed by atoms with Gasteiger partial charge in [0.25, 0.3) is 5.91 Å². The van der Waals surface area contributed by atoms with Crippen molar-refractivity contribution in [2.45, 2.75) is 70.1 Å². The smallest absolute Gasteiger partial charge is 0.406 e. The minimum atomic E-state index is -0.481. The Morgan fingerprint density at radius 3 is 2.76 bits per heavy atom. The molecule has 1 saturated carbocycles. The summed E-state index contributed by atoms with van der Waals surface area (Å²) in [5, 5.41) is 3.47. The van der Waals surface area contributed by atoms with Crippen molar-refractivity contribution in [3.8, 4) is 10.4 Å². The lowest BCUT2D eigenvalue weighted by atomic mass is 10.1. The molecule has 0 bridgehead atoms. The van der Waals surface area contributed by atoms with Crippen molar-refractivity contribution in [1.82, 2.24) is 15.2 Å². The van der Waals surface area contributed by atoms with Crippen molar-refractivity contribution in [2.75, 3.05) is 20.3 Å². The molecule has 0 spiro atoms. The minimum Gasteiger partial charge on any atom is -0.453 e. The Morgan fingerprint density at radius 1 is 1.29 bits per heavy atom. The fourth-order valence-corrected chi connectivity index (χ4v) is 5.54. The van der Waals surface area contributed by atoms with E-state index in [-0.39, 0.29) is 29.9 Å². The van der Waals surface area contributed by atoms with Gasteiger partial charge in [-0.1, -0.05) is 18.2 Å². The van der Waals surface area contributed by atoms with E-state index in [9.17, 15) is 14.0 Å². The highest BCUT2D eigenvalue weighted by molar-refractivity contribution is 7.15. The summed E-state index contributed by atoms with van der Waals surface area (Å²) in [6, 6.07) is 6.67. The van der Waals surface area contributed by atoms with E-state index in [1.807, 2.05) is 17.9 Å². The van der Waals surface area contributed by atoms with Gasteiger partial charge in [-0.05, 0) is 57.9 Å². The van der Waals surface area contributed by atoms with Gasteiger partial charge in [-0.15, -0.1) is 11.3 Å². The molecule has 4 rings (SSSR count). The number of ether oxygens (including phenoxy) is 2. The van der Waals surface area contributed by atoms with Crippen LogP contribution in [-0.4, -0.2) is 54.3 Å². The summed E-state index contributed by atoms with van der Waals surface area (Å²) in [6.45, 7) is 3.06. The molecule has 184 valence electrons. The van der Waals surface area contributed by atoms with Crippen molar-refractivity contribution in [3.63, 3.8) is 0 Å². The van der Waals surface area contributed by atoms with Crippen LogP contribution in [0.5, 0.6) is 0 Å². The average molecular weight is 490 g/mol. The molecular formula is C25H32FN3O4S. The predicted molar refractivity (Wildman–Crippen MR) is 128 cm³/mol. The lowest BCUT2D eigenvalue weighted by Gasteiger charge is -2.33. The van der Waals surface area contributed by atoms with Gasteiger partial charge in [0.1, 0.15) is 16.9 Å². The first-order valence-corrected chi connectivity index (χ1v) is 12.8. The van der Waals surface area contributed by atoms with Crippen LogP contribution < -0.4 is 5.32 Å². The van der Waals surface area contributed by atoms with Crippen LogP contribution in [0.15, 0.2) is 24.3 Å². The van der Waals surface area contributed by atoms with Gasteiger partial charge >= 0.3 is 6.09 Å². The molecule has 1 aromatic carbocycles. The molecule has 34 heavy (non-hydrogen) atoms. The third-order valence-corrected chi connectivity index (χ3v) is 7.60. The molecule has 7 nitrogen and oxygen atoms in total. The summed E-state index contributed by atoms with van der Waals surface area (Å²) in [7, 11) is 1.32. The van der Waals surface area contributed by atoms with Gasteiger partial charge < -0.3 is 19.7 Å². The largest absolute Gasteiger partial charge is 0.453 e. The number of methoxy groups -OCH3 is 1. The van der Waals surface area contributed by atoms with Crippen molar-refractivity contribution in [1.29, 1.82) is 0 Å². The van der Waals surface area contributed by atoms with Gasteiger partial charge in [0, 0.05) is 24.8 Å². The van der Waals surface area contributed by atoms with Crippen molar-refractivity contribution in [2.24, 2.45) is 0 Å². The molecular weight excluding hydrogens is 457 g/mol. The molecule has 2 atom stereocenters. The summed E-state index contributed by atoms with van der Waals surface area (Å²) in [5.74, 6) is -0.258. The van der Waals surface area contributed by atoms with E-state index in [0.29, 0.717) is 31.6 Å². The van der Waals surface area contributed by atoms with Gasteiger partial charge in [-0.2, -0.15) is 0 Å². The van der Waals surface area contributed by atoms with E-state index in [1.54, 1.807) is 12.1 Å². The number of nitrogens with one attached hydrogen (secondary N) is 1. The maximum Gasteiger partial charge on any atom is 0.406 e. The molecule has 2 amide bonds. The molecule has 1 aromatic heterocycles. The Labute approximate surface area is 203 Å². The zero-order valence-corrected chi connectivity index (χ0v) is 20.5. The Balaban J connectivity index is 1.58. The quantitative estimate of drug-likeness (QED) is 0.509. The molecule has 2 aromatic rings. The Kier molecular flexibility index (Phi) is 8.15. The standard InChI is InChI=1S/C25H32FN3O4S/c1-16(29(17-12-13-17)24(30)21-11-5-6-15-33-21)23-28-20(10-7-14-27-25(31)32-2)22(34-23)18-8-3-4-9-19(18)26/h3-4,8-9,16-17,21H,5-7,10-15H2,1-2H3,(H,27,31)/t16-,21-/m1/s1. The van der Waals surface area contributed by atoms with Gasteiger partial charge in [0.05, 0.1) is 23.7 Å². The first-order chi connectivity index (χ1) is 16.5. The number of amides is 2. The topological polar surface area (TPSA) is 80.8 Å². The molecule has 0 radical (unpaired) electrons. The minimum absolute atomic E-state index is 0.0427. The van der Waals surface area contributed by atoms with E-state index in [0.717, 1.165) is 47.7 Å². The summed E-state index contributed by atoms with van der Waals surface area (Å²) in [5.41, 5.74) is 1.29. The molecule has 2 heterocycles. The zero-order valence-electron chi connectivity index (χ0n) is 19.7. The summed E-state index contributed by atoms with van der Waals surface area (Å²) < 4.78 is 25.1. The second kappa shape index (κ2) is 11.3. The number of aryl methyl sites for hydroxylation is 1. The number of carbonyl (C=O) groups is 2. The number of rotatable bonds is 9. The van der Waals surface area contributed by atoms with Crippen LogP contribution in [0.1, 0.15) is 62.2 Å². The number of nitrogens with zero attached hydrogens (tertiary/aromatic N) is 2. The van der Waals surface area contributed by atoms with Crippen LogP contribution in [0.4, 0.5) is 9.18 Å². The molecule has 2 fully saturated rings. The van der Waals surface area contributed by atoms with Crippen LogP contribution in [0.3, 0.4) is 0 Å². The first-order valence-electron chi connectivity index (χ1n) is 12.0.